The molecule has 4 heteroatoms. The van der Waals surface area contributed by atoms with E-state index in [2.05, 4.69) is 15.9 Å². The van der Waals surface area contributed by atoms with Crippen LogP contribution in [0.25, 0.3) is 0 Å². The van der Waals surface area contributed by atoms with Crippen LogP contribution in [-0.4, -0.2) is 31.2 Å². The maximum atomic E-state index is 5.54. The van der Waals surface area contributed by atoms with Gasteiger partial charge in [-0.2, -0.15) is 0 Å². The molecule has 0 amide bonds. The Morgan fingerprint density at radius 3 is 1.89 bits per heavy atom. The van der Waals surface area contributed by atoms with E-state index in [4.69, 9.17) is 21.1 Å². The lowest BCUT2D eigenvalue weighted by Crippen LogP contribution is -2.37. The van der Waals surface area contributed by atoms with Gasteiger partial charge in [-0.3, -0.25) is 0 Å². The molecule has 0 radical (unpaired) electrons. The summed E-state index contributed by atoms with van der Waals surface area (Å²) in [6, 6.07) is 0. The number of rotatable bonds is 4. The molecule has 0 N–H and O–H groups in total. The van der Waals surface area contributed by atoms with Crippen LogP contribution in [0.1, 0.15) is 0 Å². The molecule has 0 aromatic carbocycles. The largest absolute Gasteiger partial charge is 0.351 e. The van der Waals surface area contributed by atoms with Crippen molar-refractivity contribution < 1.29 is 9.47 Å². The maximum Gasteiger partial charge on any atom is 0.190 e. The topological polar surface area (TPSA) is 18.5 Å². The van der Waals surface area contributed by atoms with Gasteiger partial charge in [-0.15, -0.1) is 11.6 Å². The van der Waals surface area contributed by atoms with Gasteiger partial charge in [0.1, 0.15) is 0 Å². The Kier molecular flexibility index (Phi) is 4.84. The highest BCUT2D eigenvalue weighted by Crippen LogP contribution is 2.15. The molecular formula is C5H10BrClO2. The number of methoxy groups -OCH3 is 2. The third-order valence-corrected chi connectivity index (χ3v) is 2.41. The van der Waals surface area contributed by atoms with Crippen molar-refractivity contribution in [3.63, 3.8) is 0 Å². The van der Waals surface area contributed by atoms with E-state index in [1.165, 1.54) is 0 Å². The van der Waals surface area contributed by atoms with Crippen LogP contribution >= 0.6 is 27.5 Å². The smallest absolute Gasteiger partial charge is 0.190 e. The zero-order valence-corrected chi connectivity index (χ0v) is 7.83. The summed E-state index contributed by atoms with van der Waals surface area (Å²) >= 11 is 8.76. The van der Waals surface area contributed by atoms with Crippen LogP contribution in [-0.2, 0) is 9.47 Å². The van der Waals surface area contributed by atoms with Gasteiger partial charge < -0.3 is 9.47 Å². The van der Waals surface area contributed by atoms with Crippen molar-refractivity contribution in [2.45, 2.75) is 5.79 Å². The molecular weight excluding hydrogens is 207 g/mol. The van der Waals surface area contributed by atoms with E-state index >= 15 is 0 Å². The highest BCUT2D eigenvalue weighted by Gasteiger charge is 2.26. The first-order chi connectivity index (χ1) is 4.24. The predicted molar refractivity (Wildman–Crippen MR) is 41.3 cm³/mol. The summed E-state index contributed by atoms with van der Waals surface area (Å²) in [6.45, 7) is 0. The first kappa shape index (κ1) is 9.69. The van der Waals surface area contributed by atoms with Gasteiger partial charge in [-0.25, -0.2) is 0 Å². The molecule has 0 aliphatic carbocycles. The number of ether oxygens (including phenoxy) is 2. The number of halogens is 2. The Morgan fingerprint density at radius 1 is 1.44 bits per heavy atom. The van der Waals surface area contributed by atoms with Crippen molar-refractivity contribution in [2.24, 2.45) is 0 Å². The lowest BCUT2D eigenvalue weighted by molar-refractivity contribution is -0.171. The maximum absolute atomic E-state index is 5.54. The van der Waals surface area contributed by atoms with Gasteiger partial charge in [0.05, 0.1) is 11.2 Å². The molecule has 0 aromatic heterocycles. The van der Waals surface area contributed by atoms with Crippen molar-refractivity contribution in [1.29, 1.82) is 0 Å². The molecule has 0 aromatic rings. The first-order valence-corrected chi connectivity index (χ1v) is 4.12. The molecule has 0 unspecified atom stereocenters. The van der Waals surface area contributed by atoms with Crippen molar-refractivity contribution in [3.8, 4) is 0 Å². The standard InChI is InChI=1S/C5H10BrClO2/c1-8-5(3-6,4-7)9-2/h3-4H2,1-2H3. The Morgan fingerprint density at radius 2 is 1.89 bits per heavy atom. The molecule has 0 atom stereocenters. The van der Waals surface area contributed by atoms with Crippen LogP contribution < -0.4 is 0 Å². The normalized spacial score (nSPS) is 12.0. The molecule has 0 spiro atoms. The molecule has 0 aliphatic rings. The minimum absolute atomic E-state index is 0.325. The Hall–Kier alpha value is 0.690. The summed E-state index contributed by atoms with van der Waals surface area (Å²) in [5, 5.41) is 0.580. The van der Waals surface area contributed by atoms with E-state index in [9.17, 15) is 0 Å². The number of alkyl halides is 2. The van der Waals surface area contributed by atoms with E-state index in [1.54, 1.807) is 14.2 Å². The average molecular weight is 217 g/mol. The minimum Gasteiger partial charge on any atom is -0.351 e. The van der Waals surface area contributed by atoms with Crippen LogP contribution in [0.15, 0.2) is 0 Å². The quantitative estimate of drug-likeness (QED) is 0.526. The average Bonchev–Trinajstić information content (AvgIpc) is 1.95. The Bertz CT molecular complexity index is 57.8. The second-order valence-electron chi connectivity index (χ2n) is 1.59. The highest BCUT2D eigenvalue weighted by molar-refractivity contribution is 9.09. The third-order valence-electron chi connectivity index (χ3n) is 1.15. The monoisotopic (exact) mass is 216 g/mol. The second-order valence-corrected chi connectivity index (χ2v) is 2.41. The van der Waals surface area contributed by atoms with E-state index in [0.717, 1.165) is 0 Å². The summed E-state index contributed by atoms with van der Waals surface area (Å²) in [5.74, 6) is -0.327. The molecule has 0 heterocycles. The van der Waals surface area contributed by atoms with Gasteiger partial charge in [-0.1, -0.05) is 15.9 Å². The lowest BCUT2D eigenvalue weighted by atomic mass is 10.4. The summed E-state index contributed by atoms with van der Waals surface area (Å²) in [4.78, 5) is 0. The van der Waals surface area contributed by atoms with Crippen LogP contribution in [0.4, 0.5) is 0 Å². The zero-order chi connectivity index (χ0) is 7.33. The molecule has 0 fully saturated rings. The molecule has 56 valence electrons. The number of hydrogen-bond acceptors (Lipinski definition) is 2. The summed E-state index contributed by atoms with van der Waals surface area (Å²) in [5.41, 5.74) is 0. The summed E-state index contributed by atoms with van der Waals surface area (Å²) in [7, 11) is 3.13. The number of hydrogen-bond donors (Lipinski definition) is 0. The van der Waals surface area contributed by atoms with Crippen molar-refractivity contribution in [3.05, 3.63) is 0 Å². The van der Waals surface area contributed by atoms with Crippen LogP contribution in [0.3, 0.4) is 0 Å². The van der Waals surface area contributed by atoms with Gasteiger partial charge in [0, 0.05) is 14.2 Å². The highest BCUT2D eigenvalue weighted by atomic mass is 79.9. The predicted octanol–water partition coefficient (Wildman–Crippen LogP) is 1.61. The molecule has 0 bridgehead atoms. The minimum atomic E-state index is -0.651. The molecule has 0 aliphatic heterocycles. The molecule has 9 heavy (non-hydrogen) atoms. The summed E-state index contributed by atoms with van der Waals surface area (Å²) < 4.78 is 9.97. The van der Waals surface area contributed by atoms with Gasteiger partial charge in [-0.05, 0) is 0 Å². The molecule has 0 saturated carbocycles. The van der Waals surface area contributed by atoms with Crippen molar-refractivity contribution >= 4 is 27.5 Å². The van der Waals surface area contributed by atoms with E-state index in [1.807, 2.05) is 0 Å². The van der Waals surface area contributed by atoms with Crippen molar-refractivity contribution in [2.75, 3.05) is 25.4 Å². The van der Waals surface area contributed by atoms with Gasteiger partial charge in [0.25, 0.3) is 0 Å². The fourth-order valence-electron chi connectivity index (χ4n) is 0.337. The zero-order valence-electron chi connectivity index (χ0n) is 5.49. The van der Waals surface area contributed by atoms with Gasteiger partial charge in [0.2, 0.25) is 0 Å². The van der Waals surface area contributed by atoms with E-state index < -0.39 is 5.79 Å². The van der Waals surface area contributed by atoms with Crippen molar-refractivity contribution in [1.82, 2.24) is 0 Å². The lowest BCUT2D eigenvalue weighted by Gasteiger charge is -2.25. The van der Waals surface area contributed by atoms with Gasteiger partial charge >= 0.3 is 0 Å². The molecule has 0 saturated heterocycles. The molecule has 2 nitrogen and oxygen atoms in total. The summed E-state index contributed by atoms with van der Waals surface area (Å²) in [6.07, 6.45) is 0. The van der Waals surface area contributed by atoms with Crippen LogP contribution in [0.5, 0.6) is 0 Å². The third kappa shape index (κ3) is 2.42. The van der Waals surface area contributed by atoms with Crippen LogP contribution in [0.2, 0.25) is 0 Å². The Balaban J connectivity index is 3.82. The second kappa shape index (κ2) is 4.50. The fourth-order valence-corrected chi connectivity index (χ4v) is 1.53. The van der Waals surface area contributed by atoms with E-state index in [0.29, 0.717) is 11.2 Å². The molecule has 0 rings (SSSR count). The van der Waals surface area contributed by atoms with Crippen LogP contribution in [0, 0.1) is 0 Å². The fraction of sp³-hybridized carbons (Fsp3) is 1.00. The van der Waals surface area contributed by atoms with E-state index in [-0.39, 0.29) is 0 Å². The first-order valence-electron chi connectivity index (χ1n) is 2.47. The van der Waals surface area contributed by atoms with Gasteiger partial charge in [0.15, 0.2) is 5.79 Å². The SMILES string of the molecule is COC(CCl)(CBr)OC. The Labute approximate surface area is 68.6 Å².